The summed E-state index contributed by atoms with van der Waals surface area (Å²) < 4.78 is 12.2. The van der Waals surface area contributed by atoms with Gasteiger partial charge < -0.3 is 24.7 Å². The molecule has 2 fully saturated rings. The number of nitrogens with one attached hydrogen (secondary N) is 2. The molecular weight excluding hydrogens is 333 g/mol. The van der Waals surface area contributed by atoms with Crippen LogP contribution in [-0.2, 0) is 14.8 Å². The standard InChI is InChI=1S/C18H24BN3O4/c1-16(2)17(3,4)26-19(25-16)11-6-7-12-13(10-11)21-14(20-12)18(8-5-9-18)22-15(23)24/h6-7,10,22H,5,8-9H2,1-4H3,(H,20,21)(H,23,24). The molecule has 0 radical (unpaired) electrons. The van der Waals surface area contributed by atoms with Gasteiger partial charge in [-0.05, 0) is 64.6 Å². The Kier molecular flexibility index (Phi) is 3.65. The summed E-state index contributed by atoms with van der Waals surface area (Å²) in [6.07, 6.45) is 1.46. The van der Waals surface area contributed by atoms with E-state index in [1.54, 1.807) is 0 Å². The molecule has 1 aliphatic carbocycles. The van der Waals surface area contributed by atoms with Crippen LogP contribution in [0, 0.1) is 0 Å². The predicted octanol–water partition coefficient (Wildman–Crippen LogP) is 2.51. The van der Waals surface area contributed by atoms with Gasteiger partial charge in [0, 0.05) is 0 Å². The van der Waals surface area contributed by atoms with Crippen LogP contribution in [0.2, 0.25) is 0 Å². The summed E-state index contributed by atoms with van der Waals surface area (Å²) in [6, 6.07) is 5.84. The van der Waals surface area contributed by atoms with E-state index in [0.29, 0.717) is 5.82 Å². The van der Waals surface area contributed by atoms with E-state index < -0.39 is 30.0 Å². The second-order valence-corrected chi connectivity index (χ2v) is 8.32. The maximum absolute atomic E-state index is 11.2. The highest BCUT2D eigenvalue weighted by Gasteiger charge is 2.51. The van der Waals surface area contributed by atoms with E-state index in [0.717, 1.165) is 35.8 Å². The molecule has 1 aliphatic heterocycles. The van der Waals surface area contributed by atoms with Crippen molar-refractivity contribution in [1.29, 1.82) is 0 Å². The van der Waals surface area contributed by atoms with Gasteiger partial charge in [-0.1, -0.05) is 6.07 Å². The van der Waals surface area contributed by atoms with E-state index in [9.17, 15) is 4.79 Å². The van der Waals surface area contributed by atoms with Gasteiger partial charge in [-0.2, -0.15) is 0 Å². The number of benzene rings is 1. The molecule has 8 heteroatoms. The van der Waals surface area contributed by atoms with Gasteiger partial charge in [0.2, 0.25) is 0 Å². The molecule has 26 heavy (non-hydrogen) atoms. The smallest absolute Gasteiger partial charge is 0.465 e. The van der Waals surface area contributed by atoms with Crippen LogP contribution in [0.5, 0.6) is 0 Å². The van der Waals surface area contributed by atoms with Crippen LogP contribution >= 0.6 is 0 Å². The van der Waals surface area contributed by atoms with Crippen LogP contribution in [-0.4, -0.2) is 39.5 Å². The van der Waals surface area contributed by atoms with Crippen molar-refractivity contribution >= 4 is 29.7 Å². The molecule has 1 saturated heterocycles. The molecule has 0 atom stereocenters. The number of imidazole rings is 1. The van der Waals surface area contributed by atoms with Gasteiger partial charge in [0.05, 0.1) is 22.2 Å². The number of aromatic amines is 1. The first-order chi connectivity index (χ1) is 12.1. The van der Waals surface area contributed by atoms with E-state index in [2.05, 4.69) is 15.3 Å². The van der Waals surface area contributed by atoms with Gasteiger partial charge in [-0.15, -0.1) is 0 Å². The average Bonchev–Trinajstić information content (AvgIpc) is 3.00. The third kappa shape index (κ3) is 2.59. The number of carboxylic acid groups (broad SMARTS) is 1. The minimum absolute atomic E-state index is 0.396. The third-order valence-corrected chi connectivity index (χ3v) is 6.04. The maximum Gasteiger partial charge on any atom is 0.494 e. The fourth-order valence-corrected chi connectivity index (χ4v) is 3.54. The van der Waals surface area contributed by atoms with Crippen molar-refractivity contribution in [2.45, 2.75) is 63.7 Å². The number of aromatic nitrogens is 2. The number of carbonyl (C=O) groups is 1. The fraction of sp³-hybridized carbons (Fsp3) is 0.556. The summed E-state index contributed by atoms with van der Waals surface area (Å²) in [7, 11) is -0.439. The summed E-state index contributed by atoms with van der Waals surface area (Å²) in [5.41, 5.74) is 1.18. The number of fused-ring (bicyclic) bond motifs is 1. The lowest BCUT2D eigenvalue weighted by molar-refractivity contribution is 0.00578. The normalized spacial score (nSPS) is 23.0. The summed E-state index contributed by atoms with van der Waals surface area (Å²) in [5.74, 6) is 0.673. The molecule has 1 aromatic heterocycles. The Hall–Kier alpha value is -2.06. The van der Waals surface area contributed by atoms with Crippen LogP contribution in [0.15, 0.2) is 18.2 Å². The maximum atomic E-state index is 11.2. The van der Waals surface area contributed by atoms with Crippen molar-refractivity contribution in [3.8, 4) is 0 Å². The zero-order valence-electron chi connectivity index (χ0n) is 15.5. The number of amides is 1. The minimum atomic E-state index is -1.02. The van der Waals surface area contributed by atoms with Gasteiger partial charge in [0.15, 0.2) is 0 Å². The van der Waals surface area contributed by atoms with Crippen LogP contribution in [0.3, 0.4) is 0 Å². The van der Waals surface area contributed by atoms with Gasteiger partial charge in [-0.3, -0.25) is 0 Å². The summed E-state index contributed by atoms with van der Waals surface area (Å²) in [6.45, 7) is 8.10. The minimum Gasteiger partial charge on any atom is -0.465 e. The molecular formula is C18H24BN3O4. The summed E-state index contributed by atoms with van der Waals surface area (Å²) in [5, 5.41) is 11.8. The monoisotopic (exact) mass is 357 g/mol. The molecule has 0 spiro atoms. The molecule has 1 aromatic carbocycles. The predicted molar refractivity (Wildman–Crippen MR) is 98.5 cm³/mol. The lowest BCUT2D eigenvalue weighted by Crippen LogP contribution is -2.51. The van der Waals surface area contributed by atoms with Crippen molar-refractivity contribution in [3.05, 3.63) is 24.0 Å². The number of rotatable bonds is 3. The SMILES string of the molecule is CC1(C)OB(c2ccc3nc(C4(NC(=O)O)CCC4)[nH]c3c2)OC1(C)C. The van der Waals surface area contributed by atoms with Crippen molar-refractivity contribution < 1.29 is 19.2 Å². The van der Waals surface area contributed by atoms with Crippen molar-refractivity contribution in [1.82, 2.24) is 15.3 Å². The summed E-state index contributed by atoms with van der Waals surface area (Å²) in [4.78, 5) is 19.1. The topological polar surface area (TPSA) is 96.5 Å². The number of hydrogen-bond donors (Lipinski definition) is 3. The Morgan fingerprint density at radius 1 is 1.23 bits per heavy atom. The number of H-pyrrole nitrogens is 1. The quantitative estimate of drug-likeness (QED) is 0.734. The van der Waals surface area contributed by atoms with E-state index in [4.69, 9.17) is 14.4 Å². The van der Waals surface area contributed by atoms with E-state index in [1.807, 2.05) is 45.9 Å². The lowest BCUT2D eigenvalue weighted by atomic mass is 9.76. The molecule has 7 nitrogen and oxygen atoms in total. The molecule has 2 aromatic rings. The first kappa shape index (κ1) is 17.4. The Labute approximate surface area is 152 Å². The van der Waals surface area contributed by atoms with Crippen LogP contribution in [0.4, 0.5) is 4.79 Å². The lowest BCUT2D eigenvalue weighted by Gasteiger charge is -2.39. The second-order valence-electron chi connectivity index (χ2n) is 8.32. The summed E-state index contributed by atoms with van der Waals surface area (Å²) >= 11 is 0. The largest absolute Gasteiger partial charge is 0.494 e. The van der Waals surface area contributed by atoms with Gasteiger partial charge in [0.1, 0.15) is 11.4 Å². The van der Waals surface area contributed by atoms with Crippen LogP contribution in [0.1, 0.15) is 52.8 Å². The first-order valence-corrected chi connectivity index (χ1v) is 8.99. The van der Waals surface area contributed by atoms with Gasteiger partial charge in [0.25, 0.3) is 0 Å². The highest BCUT2D eigenvalue weighted by atomic mass is 16.7. The zero-order chi connectivity index (χ0) is 18.7. The molecule has 2 heterocycles. The van der Waals surface area contributed by atoms with E-state index >= 15 is 0 Å². The molecule has 0 bridgehead atoms. The Morgan fingerprint density at radius 3 is 2.42 bits per heavy atom. The van der Waals surface area contributed by atoms with Crippen molar-refractivity contribution in [2.24, 2.45) is 0 Å². The highest BCUT2D eigenvalue weighted by molar-refractivity contribution is 6.62. The first-order valence-electron chi connectivity index (χ1n) is 8.99. The number of hydrogen-bond acceptors (Lipinski definition) is 4. The molecule has 1 amide bonds. The van der Waals surface area contributed by atoms with Crippen molar-refractivity contribution in [3.63, 3.8) is 0 Å². The Balaban J connectivity index is 1.66. The molecule has 3 N–H and O–H groups in total. The number of nitrogens with zero attached hydrogens (tertiary/aromatic N) is 1. The Morgan fingerprint density at radius 2 is 1.88 bits per heavy atom. The van der Waals surface area contributed by atoms with E-state index in [-0.39, 0.29) is 0 Å². The highest BCUT2D eigenvalue weighted by Crippen LogP contribution is 2.40. The van der Waals surface area contributed by atoms with Crippen molar-refractivity contribution in [2.75, 3.05) is 0 Å². The molecule has 1 saturated carbocycles. The molecule has 0 unspecified atom stereocenters. The molecule has 2 aliphatic rings. The van der Waals surface area contributed by atoms with Crippen LogP contribution < -0.4 is 10.8 Å². The molecule has 4 rings (SSSR count). The Bertz CT molecular complexity index is 856. The second kappa shape index (κ2) is 5.47. The molecule has 138 valence electrons. The van der Waals surface area contributed by atoms with Gasteiger partial charge in [-0.25, -0.2) is 9.78 Å². The van der Waals surface area contributed by atoms with E-state index in [1.165, 1.54) is 0 Å². The van der Waals surface area contributed by atoms with Crippen LogP contribution in [0.25, 0.3) is 11.0 Å². The van der Waals surface area contributed by atoms with Gasteiger partial charge >= 0.3 is 13.2 Å². The zero-order valence-corrected chi connectivity index (χ0v) is 15.5. The average molecular weight is 357 g/mol. The third-order valence-electron chi connectivity index (χ3n) is 6.04. The fourth-order valence-electron chi connectivity index (χ4n) is 3.54.